The molecule has 4 atom stereocenters. The highest BCUT2D eigenvalue weighted by Crippen LogP contribution is 2.66. The van der Waals surface area contributed by atoms with Crippen LogP contribution in [-0.4, -0.2) is 19.9 Å². The molecule has 0 saturated heterocycles. The summed E-state index contributed by atoms with van der Waals surface area (Å²) < 4.78 is 0. The zero-order valence-electron chi connectivity index (χ0n) is 15.3. The summed E-state index contributed by atoms with van der Waals surface area (Å²) in [6.07, 6.45) is 15.2. The molecule has 28 heavy (non-hydrogen) atoms. The molecular formula is C24H20N4. The van der Waals surface area contributed by atoms with Crippen molar-refractivity contribution < 1.29 is 0 Å². The van der Waals surface area contributed by atoms with Gasteiger partial charge in [-0.25, -0.2) is 0 Å². The molecule has 5 rings (SSSR count). The van der Waals surface area contributed by atoms with Crippen molar-refractivity contribution in [2.45, 2.75) is 23.7 Å². The molecule has 4 aromatic heterocycles. The van der Waals surface area contributed by atoms with Gasteiger partial charge in [-0.05, 0) is 70.5 Å². The molecule has 0 aromatic carbocycles. The summed E-state index contributed by atoms with van der Waals surface area (Å²) in [5.41, 5.74) is 5.16. The second-order valence-electron chi connectivity index (χ2n) is 7.24. The second kappa shape index (κ2) is 7.31. The maximum absolute atomic E-state index is 4.40. The number of rotatable bonds is 4. The fourth-order valence-electron chi connectivity index (χ4n) is 4.72. The van der Waals surface area contributed by atoms with Crippen LogP contribution in [0.4, 0.5) is 0 Å². The van der Waals surface area contributed by atoms with Gasteiger partial charge in [0, 0.05) is 61.4 Å². The molecule has 4 nitrogen and oxygen atoms in total. The highest BCUT2D eigenvalue weighted by atomic mass is 14.7. The minimum Gasteiger partial charge on any atom is -0.265 e. The van der Waals surface area contributed by atoms with Gasteiger partial charge in [0.1, 0.15) is 0 Å². The predicted octanol–water partition coefficient (Wildman–Crippen LogP) is 4.72. The third kappa shape index (κ3) is 2.87. The topological polar surface area (TPSA) is 51.6 Å². The molecule has 1 saturated carbocycles. The van der Waals surface area contributed by atoms with Crippen molar-refractivity contribution in [2.24, 2.45) is 0 Å². The van der Waals surface area contributed by atoms with Gasteiger partial charge in [0.15, 0.2) is 0 Å². The molecule has 0 radical (unpaired) electrons. The molecule has 136 valence electrons. The van der Waals surface area contributed by atoms with Gasteiger partial charge >= 0.3 is 0 Å². The highest BCUT2D eigenvalue weighted by Gasteiger charge is 2.52. The van der Waals surface area contributed by atoms with Gasteiger partial charge in [-0.3, -0.25) is 19.9 Å². The summed E-state index contributed by atoms with van der Waals surface area (Å²) in [5, 5.41) is 0. The summed E-state index contributed by atoms with van der Waals surface area (Å²) in [6, 6.07) is 17.0. The lowest BCUT2D eigenvalue weighted by Gasteiger charge is -2.53. The molecule has 0 amide bonds. The first-order chi connectivity index (χ1) is 13.9. The van der Waals surface area contributed by atoms with E-state index in [1.54, 1.807) is 0 Å². The van der Waals surface area contributed by atoms with Crippen molar-refractivity contribution in [3.63, 3.8) is 0 Å². The smallest absolute Gasteiger partial charge is 0.0303 e. The van der Waals surface area contributed by atoms with E-state index in [-0.39, 0.29) is 0 Å². The minimum atomic E-state index is 0.332. The van der Waals surface area contributed by atoms with Gasteiger partial charge < -0.3 is 0 Å². The van der Waals surface area contributed by atoms with Crippen LogP contribution in [-0.2, 0) is 0 Å². The van der Waals surface area contributed by atoms with E-state index >= 15 is 0 Å². The number of hydrogen-bond acceptors (Lipinski definition) is 4. The molecule has 0 bridgehead atoms. The van der Waals surface area contributed by atoms with Crippen LogP contribution in [0.25, 0.3) is 0 Å². The Balaban J connectivity index is 1.67. The van der Waals surface area contributed by atoms with Crippen molar-refractivity contribution >= 4 is 0 Å². The summed E-state index contributed by atoms with van der Waals surface area (Å²) in [7, 11) is 0. The first-order valence-electron chi connectivity index (χ1n) is 9.53. The van der Waals surface area contributed by atoms with Crippen LogP contribution in [0.1, 0.15) is 45.9 Å². The van der Waals surface area contributed by atoms with Crippen LogP contribution in [0.5, 0.6) is 0 Å². The van der Waals surface area contributed by atoms with Crippen molar-refractivity contribution in [3.8, 4) is 0 Å². The Bertz CT molecular complexity index is 841. The molecule has 4 heterocycles. The molecular weight excluding hydrogens is 344 g/mol. The number of pyridine rings is 4. The number of nitrogens with zero attached hydrogens (tertiary/aromatic N) is 4. The normalized spacial score (nSPS) is 23.7. The molecule has 4 heteroatoms. The Morgan fingerprint density at radius 3 is 1.14 bits per heavy atom. The van der Waals surface area contributed by atoms with Crippen molar-refractivity contribution in [1.29, 1.82) is 0 Å². The largest absolute Gasteiger partial charge is 0.265 e. The van der Waals surface area contributed by atoms with Gasteiger partial charge in [0.25, 0.3) is 0 Å². The average molecular weight is 364 g/mol. The molecule has 4 unspecified atom stereocenters. The molecule has 4 aromatic rings. The van der Waals surface area contributed by atoms with Gasteiger partial charge in [0.05, 0.1) is 0 Å². The van der Waals surface area contributed by atoms with Crippen molar-refractivity contribution in [2.75, 3.05) is 0 Å². The maximum atomic E-state index is 4.40. The molecule has 1 aliphatic carbocycles. The van der Waals surface area contributed by atoms with Gasteiger partial charge in [-0.15, -0.1) is 0 Å². The first kappa shape index (κ1) is 16.8. The SMILES string of the molecule is c1cncc(C2C(c3ccncc3)C(c3ccncc3)C2c2cccnc2)c1. The van der Waals surface area contributed by atoms with Crippen LogP contribution in [0.15, 0.2) is 98.1 Å². The van der Waals surface area contributed by atoms with Crippen molar-refractivity contribution in [3.05, 3.63) is 120 Å². The lowest BCUT2D eigenvalue weighted by Crippen LogP contribution is -2.40. The third-order valence-electron chi connectivity index (χ3n) is 5.87. The summed E-state index contributed by atoms with van der Waals surface area (Å²) in [6.45, 7) is 0. The fourth-order valence-corrected chi connectivity index (χ4v) is 4.72. The van der Waals surface area contributed by atoms with Crippen LogP contribution in [0, 0.1) is 0 Å². The number of aromatic nitrogens is 4. The van der Waals surface area contributed by atoms with E-state index in [1.165, 1.54) is 22.3 Å². The first-order valence-corrected chi connectivity index (χ1v) is 9.53. The van der Waals surface area contributed by atoms with Crippen LogP contribution < -0.4 is 0 Å². The Labute approximate surface area is 164 Å². The summed E-state index contributed by atoms with van der Waals surface area (Å²) in [4.78, 5) is 17.3. The Hall–Kier alpha value is -3.40. The maximum Gasteiger partial charge on any atom is 0.0303 e. The number of hydrogen-bond donors (Lipinski definition) is 0. The van der Waals surface area contributed by atoms with E-state index in [1.807, 2.05) is 61.7 Å². The van der Waals surface area contributed by atoms with E-state index in [2.05, 4.69) is 56.3 Å². The lowest BCUT2D eigenvalue weighted by molar-refractivity contribution is 0.228. The van der Waals surface area contributed by atoms with E-state index < -0.39 is 0 Å². The van der Waals surface area contributed by atoms with E-state index in [4.69, 9.17) is 0 Å². The predicted molar refractivity (Wildman–Crippen MR) is 108 cm³/mol. The van der Waals surface area contributed by atoms with Crippen LogP contribution in [0.3, 0.4) is 0 Å². The average Bonchev–Trinajstić information content (AvgIpc) is 2.76. The lowest BCUT2D eigenvalue weighted by atomic mass is 9.49. The zero-order chi connectivity index (χ0) is 18.8. The van der Waals surface area contributed by atoms with Crippen molar-refractivity contribution in [1.82, 2.24) is 19.9 Å². The quantitative estimate of drug-likeness (QED) is 0.526. The van der Waals surface area contributed by atoms with Gasteiger partial charge in [0.2, 0.25) is 0 Å². The Morgan fingerprint density at radius 1 is 0.393 bits per heavy atom. The van der Waals surface area contributed by atoms with Crippen LogP contribution >= 0.6 is 0 Å². The van der Waals surface area contributed by atoms with Crippen LogP contribution in [0.2, 0.25) is 0 Å². The molecule has 0 N–H and O–H groups in total. The van der Waals surface area contributed by atoms with E-state index in [0.29, 0.717) is 23.7 Å². The van der Waals surface area contributed by atoms with Gasteiger partial charge in [-0.1, -0.05) is 12.1 Å². The minimum absolute atomic E-state index is 0.332. The van der Waals surface area contributed by atoms with E-state index in [0.717, 1.165) is 0 Å². The molecule has 0 spiro atoms. The third-order valence-corrected chi connectivity index (χ3v) is 5.87. The van der Waals surface area contributed by atoms with Gasteiger partial charge in [-0.2, -0.15) is 0 Å². The molecule has 1 fully saturated rings. The zero-order valence-corrected chi connectivity index (χ0v) is 15.3. The Morgan fingerprint density at radius 2 is 0.786 bits per heavy atom. The summed E-state index contributed by atoms with van der Waals surface area (Å²) in [5.74, 6) is 1.36. The Kier molecular flexibility index (Phi) is 4.37. The summed E-state index contributed by atoms with van der Waals surface area (Å²) >= 11 is 0. The molecule has 0 aliphatic heterocycles. The monoisotopic (exact) mass is 364 g/mol. The fraction of sp³-hybridized carbons (Fsp3) is 0.167. The van der Waals surface area contributed by atoms with E-state index in [9.17, 15) is 0 Å². The standard InChI is InChI=1S/C24H20N4/c1-3-19(15-27-9-1)23-21(17-5-11-25-12-6-17)22(18-7-13-26-14-8-18)24(23)20-4-2-10-28-16-20/h1-16,21-24H. The molecule has 1 aliphatic rings. The second-order valence-corrected chi connectivity index (χ2v) is 7.24. The highest BCUT2D eigenvalue weighted by molar-refractivity contribution is 5.46.